The van der Waals surface area contributed by atoms with Crippen molar-refractivity contribution in [1.82, 2.24) is 9.55 Å². The number of benzene rings is 2. The van der Waals surface area contributed by atoms with Gasteiger partial charge in [-0.2, -0.15) is 0 Å². The Morgan fingerprint density at radius 2 is 1.96 bits per heavy atom. The highest BCUT2D eigenvalue weighted by Gasteiger charge is 2.11. The van der Waals surface area contributed by atoms with Crippen LogP contribution in [0.2, 0.25) is 10.0 Å². The summed E-state index contributed by atoms with van der Waals surface area (Å²) in [6, 6.07) is 10.8. The zero-order valence-corrected chi connectivity index (χ0v) is 16.0. The van der Waals surface area contributed by atoms with Gasteiger partial charge in [-0.05, 0) is 36.8 Å². The summed E-state index contributed by atoms with van der Waals surface area (Å²) in [6.45, 7) is 2.92. The van der Waals surface area contributed by atoms with Crippen molar-refractivity contribution in [2.75, 3.05) is 11.9 Å². The zero-order chi connectivity index (χ0) is 18.7. The number of anilines is 1. The summed E-state index contributed by atoms with van der Waals surface area (Å²) in [5.74, 6) is 1.33. The third-order valence-electron chi connectivity index (χ3n) is 3.98. The van der Waals surface area contributed by atoms with Gasteiger partial charge in [0.15, 0.2) is 11.5 Å². The molecule has 0 aliphatic carbocycles. The van der Waals surface area contributed by atoms with Crippen molar-refractivity contribution < 1.29 is 9.84 Å². The molecule has 0 atom stereocenters. The number of rotatable bonds is 6. The lowest BCUT2D eigenvalue weighted by molar-refractivity contribution is 0.318. The predicted octanol–water partition coefficient (Wildman–Crippen LogP) is 5.11. The second-order valence-corrected chi connectivity index (χ2v) is 6.56. The van der Waals surface area contributed by atoms with Crippen LogP contribution in [0.3, 0.4) is 0 Å². The molecule has 0 saturated carbocycles. The quantitative estimate of drug-likeness (QED) is 0.612. The number of aromatic hydroxyl groups is 1. The average molecular weight is 392 g/mol. The van der Waals surface area contributed by atoms with Gasteiger partial charge in [-0.25, -0.2) is 4.98 Å². The van der Waals surface area contributed by atoms with Gasteiger partial charge in [-0.3, -0.25) is 0 Å². The van der Waals surface area contributed by atoms with E-state index in [2.05, 4.69) is 10.3 Å². The molecule has 0 aliphatic heterocycles. The molecule has 1 heterocycles. The van der Waals surface area contributed by atoms with Crippen LogP contribution in [0.1, 0.15) is 12.5 Å². The molecule has 7 heteroatoms. The fraction of sp³-hybridized carbons (Fsp3) is 0.211. The number of nitrogens with zero attached hydrogens (tertiary/aromatic N) is 2. The van der Waals surface area contributed by atoms with Crippen LogP contribution in [0.25, 0.3) is 11.3 Å². The second-order valence-electron chi connectivity index (χ2n) is 5.74. The van der Waals surface area contributed by atoms with Crippen molar-refractivity contribution in [1.29, 1.82) is 0 Å². The van der Waals surface area contributed by atoms with Gasteiger partial charge in [-0.15, -0.1) is 0 Å². The molecule has 0 spiro atoms. The summed E-state index contributed by atoms with van der Waals surface area (Å²) < 4.78 is 7.36. The summed E-state index contributed by atoms with van der Waals surface area (Å²) in [5.41, 5.74) is 2.84. The average Bonchev–Trinajstić information content (AvgIpc) is 2.99. The van der Waals surface area contributed by atoms with Crippen LogP contribution in [-0.4, -0.2) is 21.3 Å². The Morgan fingerprint density at radius 1 is 1.15 bits per heavy atom. The normalized spacial score (nSPS) is 10.8. The minimum Gasteiger partial charge on any atom is -0.504 e. The van der Waals surface area contributed by atoms with Crippen LogP contribution in [0.15, 0.2) is 42.6 Å². The van der Waals surface area contributed by atoms with E-state index in [0.29, 0.717) is 28.9 Å². The summed E-state index contributed by atoms with van der Waals surface area (Å²) in [6.07, 6.45) is 1.78. The molecule has 2 N–H and O–H groups in total. The van der Waals surface area contributed by atoms with E-state index in [1.165, 1.54) is 0 Å². The number of imidazole rings is 1. The first-order chi connectivity index (χ1) is 12.5. The molecule has 1 aromatic heterocycles. The molecular formula is C19H19Cl2N3O2. The van der Waals surface area contributed by atoms with Crippen LogP contribution >= 0.6 is 23.2 Å². The van der Waals surface area contributed by atoms with Crippen LogP contribution in [0.4, 0.5) is 5.95 Å². The topological polar surface area (TPSA) is 59.3 Å². The van der Waals surface area contributed by atoms with E-state index in [-0.39, 0.29) is 5.75 Å². The molecule has 0 aliphatic rings. The fourth-order valence-corrected chi connectivity index (χ4v) is 2.92. The van der Waals surface area contributed by atoms with E-state index < -0.39 is 0 Å². The first-order valence-corrected chi connectivity index (χ1v) is 8.91. The molecule has 136 valence electrons. The predicted molar refractivity (Wildman–Crippen MR) is 105 cm³/mol. The minimum absolute atomic E-state index is 0.134. The fourth-order valence-electron chi connectivity index (χ4n) is 2.62. The highest BCUT2D eigenvalue weighted by molar-refractivity contribution is 6.42. The van der Waals surface area contributed by atoms with Gasteiger partial charge in [0.05, 0.1) is 28.5 Å². The highest BCUT2D eigenvalue weighted by Crippen LogP contribution is 2.30. The number of hydrogen-bond acceptors (Lipinski definition) is 4. The molecule has 0 amide bonds. The van der Waals surface area contributed by atoms with Crippen LogP contribution in [-0.2, 0) is 13.6 Å². The maximum absolute atomic E-state index is 9.78. The number of nitrogens with one attached hydrogen (secondary N) is 1. The van der Waals surface area contributed by atoms with Crippen LogP contribution in [0, 0.1) is 0 Å². The summed E-state index contributed by atoms with van der Waals surface area (Å²) >= 11 is 12.1. The molecule has 26 heavy (non-hydrogen) atoms. The maximum atomic E-state index is 9.78. The smallest absolute Gasteiger partial charge is 0.203 e. The first kappa shape index (κ1) is 18.4. The number of halogens is 2. The van der Waals surface area contributed by atoms with Gasteiger partial charge in [-0.1, -0.05) is 35.3 Å². The van der Waals surface area contributed by atoms with Gasteiger partial charge in [0.1, 0.15) is 0 Å². The first-order valence-electron chi connectivity index (χ1n) is 8.15. The number of phenols is 1. The molecule has 2 aromatic carbocycles. The summed E-state index contributed by atoms with van der Waals surface area (Å²) in [4.78, 5) is 4.43. The van der Waals surface area contributed by atoms with Crippen molar-refractivity contribution >= 4 is 29.2 Å². The van der Waals surface area contributed by atoms with E-state index >= 15 is 0 Å². The standard InChI is InChI=1S/C19H19Cl2N3O2/c1-3-26-18-8-12(4-7-17(18)25)10-22-19-23-11-16(24(19)2)13-5-6-14(20)15(21)9-13/h4-9,11,25H,3,10H2,1-2H3,(H,22,23). The third kappa shape index (κ3) is 3.89. The third-order valence-corrected chi connectivity index (χ3v) is 4.72. The van der Waals surface area contributed by atoms with E-state index in [1.807, 2.05) is 42.8 Å². The van der Waals surface area contributed by atoms with Crippen LogP contribution in [0.5, 0.6) is 11.5 Å². The van der Waals surface area contributed by atoms with Crippen LogP contribution < -0.4 is 10.1 Å². The molecule has 0 unspecified atom stereocenters. The Bertz CT molecular complexity index is 925. The Balaban J connectivity index is 1.76. The van der Waals surface area contributed by atoms with Gasteiger partial charge in [0.25, 0.3) is 0 Å². The van der Waals surface area contributed by atoms with Crippen molar-refractivity contribution in [2.45, 2.75) is 13.5 Å². The van der Waals surface area contributed by atoms with E-state index in [4.69, 9.17) is 27.9 Å². The zero-order valence-electron chi connectivity index (χ0n) is 14.5. The number of aromatic nitrogens is 2. The van der Waals surface area contributed by atoms with Crippen molar-refractivity contribution in [3.8, 4) is 22.8 Å². The van der Waals surface area contributed by atoms with Crippen molar-refractivity contribution in [3.05, 3.63) is 58.2 Å². The number of hydrogen-bond donors (Lipinski definition) is 2. The van der Waals surface area contributed by atoms with Crippen molar-refractivity contribution in [2.24, 2.45) is 7.05 Å². The molecule has 3 aromatic rings. The number of phenolic OH excluding ortho intramolecular Hbond substituents is 1. The lowest BCUT2D eigenvalue weighted by Crippen LogP contribution is -2.06. The van der Waals surface area contributed by atoms with E-state index in [9.17, 15) is 5.11 Å². The highest BCUT2D eigenvalue weighted by atomic mass is 35.5. The van der Waals surface area contributed by atoms with Crippen molar-refractivity contribution in [3.63, 3.8) is 0 Å². The van der Waals surface area contributed by atoms with Gasteiger partial charge in [0.2, 0.25) is 5.95 Å². The number of ether oxygens (including phenoxy) is 1. The lowest BCUT2D eigenvalue weighted by atomic mass is 10.2. The molecule has 0 bridgehead atoms. The largest absolute Gasteiger partial charge is 0.504 e. The second kappa shape index (κ2) is 7.89. The van der Waals surface area contributed by atoms with Gasteiger partial charge >= 0.3 is 0 Å². The molecule has 3 rings (SSSR count). The molecular weight excluding hydrogens is 373 g/mol. The SMILES string of the molecule is CCOc1cc(CNc2ncc(-c3ccc(Cl)c(Cl)c3)n2C)ccc1O. The van der Waals surface area contributed by atoms with Gasteiger partial charge < -0.3 is 19.7 Å². The molecule has 0 fully saturated rings. The Kier molecular flexibility index (Phi) is 5.59. The molecule has 0 radical (unpaired) electrons. The van der Waals surface area contributed by atoms with Gasteiger partial charge in [0, 0.05) is 19.2 Å². The monoisotopic (exact) mass is 391 g/mol. The Hall–Kier alpha value is -2.37. The minimum atomic E-state index is 0.134. The summed E-state index contributed by atoms with van der Waals surface area (Å²) in [7, 11) is 1.93. The molecule has 5 nitrogen and oxygen atoms in total. The molecule has 0 saturated heterocycles. The Morgan fingerprint density at radius 3 is 2.69 bits per heavy atom. The maximum Gasteiger partial charge on any atom is 0.203 e. The Labute approximate surface area is 162 Å². The summed E-state index contributed by atoms with van der Waals surface area (Å²) in [5, 5.41) is 14.1. The van der Waals surface area contributed by atoms with E-state index in [1.54, 1.807) is 18.3 Å². The van der Waals surface area contributed by atoms with E-state index in [0.717, 1.165) is 22.8 Å². The lowest BCUT2D eigenvalue weighted by Gasteiger charge is -2.11.